The molecule has 0 spiro atoms. The first kappa shape index (κ1) is 13.8. The van der Waals surface area contributed by atoms with Crippen LogP contribution >= 0.6 is 0 Å². The Kier molecular flexibility index (Phi) is 4.08. The van der Waals surface area contributed by atoms with Gasteiger partial charge in [0, 0.05) is 24.0 Å². The van der Waals surface area contributed by atoms with Crippen LogP contribution in [0.1, 0.15) is 51.2 Å². The van der Waals surface area contributed by atoms with E-state index in [0.29, 0.717) is 5.57 Å². The molecule has 1 aromatic heterocycles. The van der Waals surface area contributed by atoms with Crippen LogP contribution in [0.4, 0.5) is 0 Å². The van der Waals surface area contributed by atoms with Crippen LogP contribution < -0.4 is 0 Å². The lowest BCUT2D eigenvalue weighted by Crippen LogP contribution is -2.33. The maximum absolute atomic E-state index is 12.4. The second-order valence-electron chi connectivity index (χ2n) is 5.48. The predicted molar refractivity (Wildman–Crippen MR) is 75.6 cm³/mol. The Labute approximate surface area is 114 Å². The van der Waals surface area contributed by atoms with E-state index in [0.717, 1.165) is 37.3 Å². The highest BCUT2D eigenvalue weighted by atomic mass is 16.2. The van der Waals surface area contributed by atoms with Crippen molar-refractivity contribution in [2.45, 2.75) is 46.1 Å². The molecule has 19 heavy (non-hydrogen) atoms. The Hall–Kier alpha value is -1.58. The summed E-state index contributed by atoms with van der Waals surface area (Å²) < 4.78 is 0. The van der Waals surface area contributed by atoms with E-state index in [1.165, 1.54) is 0 Å². The number of nitrogens with one attached hydrogen (secondary N) is 1. The molecular formula is C15H23N3O. The van der Waals surface area contributed by atoms with Crippen LogP contribution in [0, 0.1) is 5.92 Å². The van der Waals surface area contributed by atoms with E-state index in [1.54, 1.807) is 0 Å². The number of carbonyl (C=O) groups excluding carboxylic acids is 1. The van der Waals surface area contributed by atoms with Crippen LogP contribution in [-0.4, -0.2) is 27.3 Å². The SMILES string of the molecule is C=C(C(=O)N1CCCC1c1ncc(CC)[nH]1)C(C)C. The van der Waals surface area contributed by atoms with E-state index in [1.807, 2.05) is 24.9 Å². The first-order chi connectivity index (χ1) is 9.04. The van der Waals surface area contributed by atoms with Crippen molar-refractivity contribution in [2.75, 3.05) is 6.54 Å². The van der Waals surface area contributed by atoms with Gasteiger partial charge in [-0.3, -0.25) is 4.79 Å². The molecule has 4 heteroatoms. The third kappa shape index (κ3) is 2.72. The molecule has 0 aromatic carbocycles. The minimum Gasteiger partial charge on any atom is -0.344 e. The summed E-state index contributed by atoms with van der Waals surface area (Å²) in [5, 5.41) is 0. The van der Waals surface area contributed by atoms with Crippen molar-refractivity contribution in [1.82, 2.24) is 14.9 Å². The van der Waals surface area contributed by atoms with Crippen LogP contribution in [0.2, 0.25) is 0 Å². The summed E-state index contributed by atoms with van der Waals surface area (Å²) in [5.41, 5.74) is 1.81. The van der Waals surface area contributed by atoms with Gasteiger partial charge in [0.1, 0.15) is 5.82 Å². The molecule has 104 valence electrons. The molecule has 4 nitrogen and oxygen atoms in total. The Morgan fingerprint density at radius 3 is 2.95 bits per heavy atom. The quantitative estimate of drug-likeness (QED) is 0.847. The van der Waals surface area contributed by atoms with Crippen molar-refractivity contribution >= 4 is 5.91 Å². The second kappa shape index (κ2) is 5.59. The number of H-pyrrole nitrogens is 1. The number of imidazole rings is 1. The second-order valence-corrected chi connectivity index (χ2v) is 5.48. The van der Waals surface area contributed by atoms with Gasteiger partial charge in [0.15, 0.2) is 0 Å². The zero-order valence-electron chi connectivity index (χ0n) is 12.1. The number of carbonyl (C=O) groups is 1. The molecule has 2 rings (SSSR count). The van der Waals surface area contributed by atoms with Gasteiger partial charge in [-0.1, -0.05) is 27.4 Å². The molecule has 0 bridgehead atoms. The van der Waals surface area contributed by atoms with E-state index in [4.69, 9.17) is 0 Å². The standard InChI is InChI=1S/C15H23N3O/c1-5-12-9-16-14(17-12)13-7-6-8-18(13)15(19)11(4)10(2)3/h9-10,13H,4-8H2,1-3H3,(H,16,17). The van der Waals surface area contributed by atoms with E-state index in [9.17, 15) is 4.79 Å². The summed E-state index contributed by atoms with van der Waals surface area (Å²) in [6.45, 7) is 10.8. The highest BCUT2D eigenvalue weighted by Gasteiger charge is 2.33. The third-order valence-electron chi connectivity index (χ3n) is 3.83. The molecule has 1 unspecified atom stereocenters. The van der Waals surface area contributed by atoms with Crippen LogP contribution in [0.5, 0.6) is 0 Å². The van der Waals surface area contributed by atoms with E-state index in [-0.39, 0.29) is 17.9 Å². The first-order valence-electron chi connectivity index (χ1n) is 7.08. The van der Waals surface area contributed by atoms with Crippen LogP contribution in [-0.2, 0) is 11.2 Å². The lowest BCUT2D eigenvalue weighted by molar-refractivity contribution is -0.128. The van der Waals surface area contributed by atoms with E-state index in [2.05, 4.69) is 23.5 Å². The minimum atomic E-state index is 0.0759. The van der Waals surface area contributed by atoms with Crippen molar-refractivity contribution in [3.8, 4) is 0 Å². The fourth-order valence-electron chi connectivity index (χ4n) is 2.45. The maximum atomic E-state index is 12.4. The molecule has 2 heterocycles. The van der Waals surface area contributed by atoms with Crippen molar-refractivity contribution < 1.29 is 4.79 Å². The lowest BCUT2D eigenvalue weighted by atomic mass is 10.0. The average molecular weight is 261 g/mol. The van der Waals surface area contributed by atoms with Crippen molar-refractivity contribution in [3.05, 3.63) is 29.9 Å². The van der Waals surface area contributed by atoms with Gasteiger partial charge in [0.05, 0.1) is 6.04 Å². The zero-order chi connectivity index (χ0) is 14.0. The molecule has 1 N–H and O–H groups in total. The normalized spacial score (nSPS) is 19.2. The van der Waals surface area contributed by atoms with Crippen molar-refractivity contribution in [3.63, 3.8) is 0 Å². The summed E-state index contributed by atoms with van der Waals surface area (Å²) >= 11 is 0. The fraction of sp³-hybridized carbons (Fsp3) is 0.600. The van der Waals surface area contributed by atoms with Gasteiger partial charge < -0.3 is 9.88 Å². The molecule has 1 atom stereocenters. The number of aromatic amines is 1. The van der Waals surface area contributed by atoms with Gasteiger partial charge >= 0.3 is 0 Å². The number of hydrogen-bond acceptors (Lipinski definition) is 2. The molecule has 0 radical (unpaired) electrons. The molecule has 1 amide bonds. The smallest absolute Gasteiger partial charge is 0.250 e. The Bertz CT molecular complexity index is 475. The van der Waals surface area contributed by atoms with Gasteiger partial charge in [-0.2, -0.15) is 0 Å². The number of amides is 1. The zero-order valence-corrected chi connectivity index (χ0v) is 12.1. The molecular weight excluding hydrogens is 238 g/mol. The summed E-state index contributed by atoms with van der Waals surface area (Å²) in [4.78, 5) is 22.1. The maximum Gasteiger partial charge on any atom is 0.250 e. The Balaban J connectivity index is 2.17. The molecule has 0 saturated carbocycles. The average Bonchev–Trinajstić information content (AvgIpc) is 3.04. The monoisotopic (exact) mass is 261 g/mol. The van der Waals surface area contributed by atoms with Gasteiger partial charge in [-0.15, -0.1) is 0 Å². The largest absolute Gasteiger partial charge is 0.344 e. The van der Waals surface area contributed by atoms with Gasteiger partial charge in [0.25, 0.3) is 0 Å². The number of likely N-dealkylation sites (tertiary alicyclic amines) is 1. The van der Waals surface area contributed by atoms with Gasteiger partial charge in [-0.25, -0.2) is 4.98 Å². The molecule has 1 saturated heterocycles. The van der Waals surface area contributed by atoms with E-state index >= 15 is 0 Å². The summed E-state index contributed by atoms with van der Waals surface area (Å²) in [6.07, 6.45) is 4.82. The molecule has 1 aliphatic rings. The Morgan fingerprint density at radius 2 is 2.37 bits per heavy atom. The molecule has 1 aliphatic heterocycles. The number of nitrogens with zero attached hydrogens (tertiary/aromatic N) is 2. The minimum absolute atomic E-state index is 0.0759. The van der Waals surface area contributed by atoms with Crippen LogP contribution in [0.3, 0.4) is 0 Å². The van der Waals surface area contributed by atoms with E-state index < -0.39 is 0 Å². The first-order valence-corrected chi connectivity index (χ1v) is 7.08. The number of aromatic nitrogens is 2. The van der Waals surface area contributed by atoms with Crippen LogP contribution in [0.25, 0.3) is 0 Å². The van der Waals surface area contributed by atoms with Crippen LogP contribution in [0.15, 0.2) is 18.3 Å². The van der Waals surface area contributed by atoms with Gasteiger partial charge in [-0.05, 0) is 25.2 Å². The van der Waals surface area contributed by atoms with Crippen molar-refractivity contribution in [1.29, 1.82) is 0 Å². The van der Waals surface area contributed by atoms with Crippen molar-refractivity contribution in [2.24, 2.45) is 5.92 Å². The molecule has 1 aromatic rings. The number of aryl methyl sites for hydroxylation is 1. The fourth-order valence-corrected chi connectivity index (χ4v) is 2.45. The Morgan fingerprint density at radius 1 is 1.63 bits per heavy atom. The molecule has 1 fully saturated rings. The highest BCUT2D eigenvalue weighted by molar-refractivity contribution is 5.93. The topological polar surface area (TPSA) is 49.0 Å². The predicted octanol–water partition coefficient (Wildman–Crippen LogP) is 2.85. The van der Waals surface area contributed by atoms with Gasteiger partial charge in [0.2, 0.25) is 5.91 Å². The summed E-state index contributed by atoms with van der Waals surface area (Å²) in [6, 6.07) is 0.0864. The third-order valence-corrected chi connectivity index (χ3v) is 3.83. The highest BCUT2D eigenvalue weighted by Crippen LogP contribution is 2.32. The summed E-state index contributed by atoms with van der Waals surface area (Å²) in [7, 11) is 0. The lowest BCUT2D eigenvalue weighted by Gasteiger charge is -2.25. The summed E-state index contributed by atoms with van der Waals surface area (Å²) in [5.74, 6) is 1.18. The number of rotatable bonds is 4. The number of hydrogen-bond donors (Lipinski definition) is 1. The molecule has 0 aliphatic carbocycles.